The van der Waals surface area contributed by atoms with Crippen LogP contribution >= 0.6 is 11.6 Å². The number of hydrogen-bond acceptors (Lipinski definition) is 4. The molecule has 0 amide bonds. The fourth-order valence-corrected chi connectivity index (χ4v) is 2.64. The van der Waals surface area contributed by atoms with E-state index in [9.17, 15) is 14.3 Å². The first-order valence-electron chi connectivity index (χ1n) is 5.37. The number of benzene rings is 1. The normalized spacial score (nSPS) is 14.2. The second-order valence-electron chi connectivity index (χ2n) is 4.02. The van der Waals surface area contributed by atoms with Crippen molar-refractivity contribution in [2.75, 3.05) is 12.0 Å². The van der Waals surface area contributed by atoms with Crippen LogP contribution in [0.25, 0.3) is 0 Å². The fourth-order valence-electron chi connectivity index (χ4n) is 1.58. The van der Waals surface area contributed by atoms with E-state index < -0.39 is 15.7 Å². The highest BCUT2D eigenvalue weighted by Crippen LogP contribution is 2.25. The Balaban J connectivity index is 2.78. The van der Waals surface area contributed by atoms with Gasteiger partial charge in [0, 0.05) is 41.5 Å². The molecule has 0 spiro atoms. The van der Waals surface area contributed by atoms with Crippen LogP contribution in [-0.2, 0) is 17.3 Å². The molecule has 0 bridgehead atoms. The molecule has 0 aliphatic rings. The highest BCUT2D eigenvalue weighted by molar-refractivity contribution is 7.84. The molecule has 7 heteroatoms. The zero-order valence-electron chi connectivity index (χ0n) is 10.2. The molecule has 18 heavy (non-hydrogen) atoms. The summed E-state index contributed by atoms with van der Waals surface area (Å²) in [5, 5.41) is 14.3. The van der Waals surface area contributed by atoms with E-state index in [1.165, 1.54) is 6.07 Å². The van der Waals surface area contributed by atoms with Crippen LogP contribution in [0.5, 0.6) is 0 Å². The number of rotatable bonds is 6. The van der Waals surface area contributed by atoms with Gasteiger partial charge in [0.2, 0.25) is 0 Å². The molecule has 0 heterocycles. The Morgan fingerprint density at radius 2 is 2.22 bits per heavy atom. The van der Waals surface area contributed by atoms with Gasteiger partial charge in [0.15, 0.2) is 0 Å². The van der Waals surface area contributed by atoms with Crippen LogP contribution < -0.4 is 5.32 Å². The number of nitro benzene ring substituents is 1. The van der Waals surface area contributed by atoms with Crippen LogP contribution in [-0.4, -0.2) is 27.2 Å². The predicted octanol–water partition coefficient (Wildman–Crippen LogP) is 2.10. The van der Waals surface area contributed by atoms with Gasteiger partial charge in [-0.05, 0) is 13.0 Å². The molecular weight excluding hydrogens is 276 g/mol. The molecule has 1 aromatic carbocycles. The molecule has 100 valence electrons. The van der Waals surface area contributed by atoms with E-state index in [-0.39, 0.29) is 18.3 Å². The van der Waals surface area contributed by atoms with E-state index in [1.807, 2.05) is 6.92 Å². The van der Waals surface area contributed by atoms with Crippen LogP contribution in [0.1, 0.15) is 12.5 Å². The number of nitrogens with zero attached hydrogens (tertiary/aromatic N) is 1. The Hall–Kier alpha value is -0.980. The lowest BCUT2D eigenvalue weighted by molar-refractivity contribution is -0.385. The van der Waals surface area contributed by atoms with Gasteiger partial charge in [-0.2, -0.15) is 0 Å². The van der Waals surface area contributed by atoms with E-state index in [1.54, 1.807) is 18.4 Å². The lowest BCUT2D eigenvalue weighted by atomic mass is 10.1. The maximum atomic E-state index is 11.0. The van der Waals surface area contributed by atoms with Gasteiger partial charge in [0.05, 0.1) is 15.5 Å². The summed E-state index contributed by atoms with van der Waals surface area (Å²) >= 11 is 5.96. The van der Waals surface area contributed by atoms with Gasteiger partial charge in [-0.1, -0.05) is 17.7 Å². The minimum absolute atomic E-state index is 0.000166. The van der Waals surface area contributed by atoms with Gasteiger partial charge in [-0.3, -0.25) is 14.3 Å². The standard InChI is InChI=1S/C11H15ClN2O3S/c1-8(7-18(2)17)13-6-9-10(12)4-3-5-11(9)14(15)16/h3-5,8,13H,6-7H2,1-2H3. The molecule has 0 saturated carbocycles. The van der Waals surface area contributed by atoms with Crippen molar-refractivity contribution >= 4 is 28.1 Å². The van der Waals surface area contributed by atoms with Gasteiger partial charge in [-0.15, -0.1) is 0 Å². The zero-order valence-corrected chi connectivity index (χ0v) is 11.8. The second-order valence-corrected chi connectivity index (χ2v) is 5.90. The van der Waals surface area contributed by atoms with Crippen molar-refractivity contribution in [1.82, 2.24) is 5.32 Å². The first-order valence-corrected chi connectivity index (χ1v) is 7.47. The molecule has 5 nitrogen and oxygen atoms in total. The Labute approximate surface area is 113 Å². The van der Waals surface area contributed by atoms with Crippen LogP contribution in [0.2, 0.25) is 5.02 Å². The molecule has 0 saturated heterocycles. The third-order valence-electron chi connectivity index (χ3n) is 2.40. The average molecular weight is 291 g/mol. The first-order chi connectivity index (χ1) is 8.41. The summed E-state index contributed by atoms with van der Waals surface area (Å²) in [5.74, 6) is 0.498. The number of hydrogen-bond donors (Lipinski definition) is 1. The lowest BCUT2D eigenvalue weighted by Gasteiger charge is -2.13. The quantitative estimate of drug-likeness (QED) is 0.643. The molecule has 1 rings (SSSR count). The van der Waals surface area contributed by atoms with Gasteiger partial charge in [0.1, 0.15) is 0 Å². The highest BCUT2D eigenvalue weighted by Gasteiger charge is 2.17. The van der Waals surface area contributed by atoms with Crippen molar-refractivity contribution < 1.29 is 9.13 Å². The van der Waals surface area contributed by atoms with Crippen LogP contribution in [0.3, 0.4) is 0 Å². The summed E-state index contributed by atoms with van der Waals surface area (Å²) in [4.78, 5) is 10.4. The smallest absolute Gasteiger partial charge is 0.275 e. The molecule has 0 aromatic heterocycles. The van der Waals surface area contributed by atoms with Crippen LogP contribution in [0.4, 0.5) is 5.69 Å². The molecule has 0 radical (unpaired) electrons. The molecule has 1 N–H and O–H groups in total. The van der Waals surface area contributed by atoms with E-state index in [0.29, 0.717) is 16.3 Å². The van der Waals surface area contributed by atoms with Crippen LogP contribution in [0.15, 0.2) is 18.2 Å². The van der Waals surface area contributed by atoms with Crippen molar-refractivity contribution in [2.24, 2.45) is 0 Å². The van der Waals surface area contributed by atoms with Crippen molar-refractivity contribution in [2.45, 2.75) is 19.5 Å². The topological polar surface area (TPSA) is 72.2 Å². The molecule has 0 aliphatic carbocycles. The number of nitrogens with one attached hydrogen (secondary N) is 1. The summed E-state index contributed by atoms with van der Waals surface area (Å²) < 4.78 is 11.0. The second kappa shape index (κ2) is 6.82. The Morgan fingerprint density at radius 3 is 2.78 bits per heavy atom. The fraction of sp³-hybridized carbons (Fsp3) is 0.455. The SMILES string of the molecule is CC(CS(C)=O)NCc1c(Cl)cccc1[N+](=O)[O-]. The van der Waals surface area contributed by atoms with E-state index in [2.05, 4.69) is 5.32 Å². The largest absolute Gasteiger partial charge is 0.309 e. The Kier molecular flexibility index (Phi) is 5.71. The molecule has 2 atom stereocenters. The Bertz CT molecular complexity index is 468. The third kappa shape index (κ3) is 4.36. The minimum Gasteiger partial charge on any atom is -0.309 e. The third-order valence-corrected chi connectivity index (χ3v) is 3.73. The van der Waals surface area contributed by atoms with Crippen molar-refractivity contribution in [3.8, 4) is 0 Å². The maximum Gasteiger partial charge on any atom is 0.275 e. The zero-order chi connectivity index (χ0) is 13.7. The average Bonchev–Trinajstić information content (AvgIpc) is 2.25. The molecule has 1 aromatic rings. The lowest BCUT2D eigenvalue weighted by Crippen LogP contribution is -2.30. The summed E-state index contributed by atoms with van der Waals surface area (Å²) in [5.41, 5.74) is 0.456. The summed E-state index contributed by atoms with van der Waals surface area (Å²) in [6.07, 6.45) is 1.62. The summed E-state index contributed by atoms with van der Waals surface area (Å²) in [7, 11) is -0.902. The van der Waals surface area contributed by atoms with Crippen molar-refractivity contribution in [3.05, 3.63) is 38.9 Å². The van der Waals surface area contributed by atoms with Gasteiger partial charge in [0.25, 0.3) is 5.69 Å². The molecular formula is C11H15ClN2O3S. The number of nitro groups is 1. The van der Waals surface area contributed by atoms with Crippen LogP contribution in [0, 0.1) is 10.1 Å². The number of halogens is 1. The summed E-state index contributed by atoms with van der Waals surface area (Å²) in [6, 6.07) is 4.60. The molecule has 0 fully saturated rings. The Morgan fingerprint density at radius 1 is 1.56 bits per heavy atom. The maximum absolute atomic E-state index is 11.0. The van der Waals surface area contributed by atoms with E-state index >= 15 is 0 Å². The van der Waals surface area contributed by atoms with Crippen molar-refractivity contribution in [1.29, 1.82) is 0 Å². The predicted molar refractivity (Wildman–Crippen MR) is 73.3 cm³/mol. The summed E-state index contributed by atoms with van der Waals surface area (Å²) in [6.45, 7) is 2.17. The van der Waals surface area contributed by atoms with E-state index in [0.717, 1.165) is 0 Å². The monoisotopic (exact) mass is 290 g/mol. The van der Waals surface area contributed by atoms with Gasteiger partial charge < -0.3 is 5.32 Å². The molecule has 2 unspecified atom stereocenters. The van der Waals surface area contributed by atoms with Gasteiger partial charge in [-0.25, -0.2) is 0 Å². The van der Waals surface area contributed by atoms with Gasteiger partial charge >= 0.3 is 0 Å². The molecule has 0 aliphatic heterocycles. The minimum atomic E-state index is -0.902. The highest BCUT2D eigenvalue weighted by atomic mass is 35.5. The van der Waals surface area contributed by atoms with E-state index in [4.69, 9.17) is 11.6 Å². The van der Waals surface area contributed by atoms with Crippen molar-refractivity contribution in [3.63, 3.8) is 0 Å². The first kappa shape index (κ1) is 15.1.